The van der Waals surface area contributed by atoms with Crippen LogP contribution in [-0.2, 0) is 9.47 Å². The van der Waals surface area contributed by atoms with Crippen LogP contribution in [0.15, 0.2) is 0 Å². The van der Waals surface area contributed by atoms with Gasteiger partial charge in [0.25, 0.3) is 0 Å². The van der Waals surface area contributed by atoms with Crippen molar-refractivity contribution in [3.05, 3.63) is 0 Å². The summed E-state index contributed by atoms with van der Waals surface area (Å²) in [4.78, 5) is 0. The molecule has 0 N–H and O–H groups in total. The van der Waals surface area contributed by atoms with Crippen LogP contribution in [0.1, 0.15) is 143 Å². The molecule has 196 valence electrons. The van der Waals surface area contributed by atoms with Crippen LogP contribution < -0.4 is 0 Å². The molecule has 0 saturated heterocycles. The Morgan fingerprint density at radius 2 is 0.844 bits per heavy atom. The van der Waals surface area contributed by atoms with Gasteiger partial charge in [0.15, 0.2) is 0 Å². The Kier molecular flexibility index (Phi) is 24.7. The second-order valence-corrected chi connectivity index (χ2v) is 15.3. The van der Waals surface area contributed by atoms with E-state index in [2.05, 4.69) is 27.7 Å². The fourth-order valence-electron chi connectivity index (χ4n) is 5.27. The maximum atomic E-state index is 6.04. The van der Waals surface area contributed by atoms with Gasteiger partial charge in [0.1, 0.15) is 0 Å². The molecule has 0 aromatic rings. The second-order valence-electron chi connectivity index (χ2n) is 10.4. The Bertz CT molecular complexity index is 320. The summed E-state index contributed by atoms with van der Waals surface area (Å²) in [6.07, 6.45) is 31.3. The van der Waals surface area contributed by atoms with Crippen LogP contribution in [0.25, 0.3) is 0 Å². The average molecular weight is 475 g/mol. The molecule has 1 unspecified atom stereocenters. The second kappa shape index (κ2) is 24.5. The molecule has 3 heteroatoms. The summed E-state index contributed by atoms with van der Waals surface area (Å²) in [5.41, 5.74) is 0. The number of unbranched alkanes of at least 4 members (excludes halogenated alkanes) is 15. The molecular weight excluding hydrogens is 411 g/mol. The van der Waals surface area contributed by atoms with Crippen molar-refractivity contribution in [1.29, 1.82) is 0 Å². The van der Waals surface area contributed by atoms with E-state index in [0.717, 1.165) is 6.61 Å². The van der Waals surface area contributed by atoms with E-state index in [1.54, 1.807) is 0 Å². The van der Waals surface area contributed by atoms with E-state index in [1.165, 1.54) is 140 Å². The van der Waals surface area contributed by atoms with Crippen LogP contribution in [0.4, 0.5) is 0 Å². The van der Waals surface area contributed by atoms with Gasteiger partial charge in [0.2, 0.25) is 0 Å². The van der Waals surface area contributed by atoms with Gasteiger partial charge in [-0.05, 0) is 0 Å². The van der Waals surface area contributed by atoms with Gasteiger partial charge in [0, 0.05) is 0 Å². The topological polar surface area (TPSA) is 18.5 Å². The van der Waals surface area contributed by atoms with Gasteiger partial charge in [0.05, 0.1) is 0 Å². The van der Waals surface area contributed by atoms with Crippen molar-refractivity contribution in [3.63, 3.8) is 0 Å². The van der Waals surface area contributed by atoms with Crippen molar-refractivity contribution < 1.29 is 9.47 Å². The van der Waals surface area contributed by atoms with Crippen LogP contribution in [0.3, 0.4) is 0 Å². The van der Waals surface area contributed by atoms with Crippen molar-refractivity contribution in [3.8, 4) is 0 Å². The van der Waals surface area contributed by atoms with E-state index in [0.29, 0.717) is 0 Å². The molecule has 0 aliphatic rings. The third-order valence-electron chi connectivity index (χ3n) is 7.40. The number of hydrogen-bond acceptors (Lipinski definition) is 2. The minimum absolute atomic E-state index is 0.0342. The van der Waals surface area contributed by atoms with Gasteiger partial charge in [-0.1, -0.05) is 0 Å². The van der Waals surface area contributed by atoms with E-state index >= 15 is 0 Å². The quantitative estimate of drug-likeness (QED) is 0.0705. The first-order chi connectivity index (χ1) is 15.7. The molecular formula is C29H63O2P. The van der Waals surface area contributed by atoms with Gasteiger partial charge >= 0.3 is 205 Å². The van der Waals surface area contributed by atoms with Crippen LogP contribution in [0.5, 0.6) is 0 Å². The molecule has 0 saturated carbocycles. The molecule has 1 atom stereocenters. The summed E-state index contributed by atoms with van der Waals surface area (Å²) in [6.45, 7) is 9.84. The number of ether oxygens (including phenoxy) is 2. The zero-order valence-corrected chi connectivity index (χ0v) is 24.2. The molecule has 0 heterocycles. The Labute approximate surface area is 204 Å². The monoisotopic (exact) mass is 474 g/mol. The van der Waals surface area contributed by atoms with Gasteiger partial charge in [-0.3, -0.25) is 0 Å². The molecule has 0 amide bonds. The predicted molar refractivity (Wildman–Crippen MR) is 150 cm³/mol. The molecule has 0 bridgehead atoms. The Morgan fingerprint density at radius 3 is 1.16 bits per heavy atom. The number of rotatable bonds is 26. The van der Waals surface area contributed by atoms with Gasteiger partial charge < -0.3 is 0 Å². The number of hydrogen-bond donors (Lipinski definition) is 0. The SMILES string of the molecule is CCCCCCCC[PH](CCCCCCCC)(CCCCCCCC)CC(OC)OCC. The van der Waals surface area contributed by atoms with E-state index in [-0.39, 0.29) is 6.29 Å². The summed E-state index contributed by atoms with van der Waals surface area (Å²) in [5.74, 6) is 0. The molecule has 0 aromatic heterocycles. The van der Waals surface area contributed by atoms with Gasteiger partial charge in [-0.2, -0.15) is 0 Å². The van der Waals surface area contributed by atoms with Crippen molar-refractivity contribution in [1.82, 2.24) is 0 Å². The molecule has 0 fully saturated rings. The average Bonchev–Trinajstić information content (AvgIpc) is 2.80. The summed E-state index contributed by atoms with van der Waals surface area (Å²) in [6, 6.07) is 0. The van der Waals surface area contributed by atoms with Crippen LogP contribution in [-0.4, -0.2) is 44.7 Å². The van der Waals surface area contributed by atoms with Crippen LogP contribution in [0.2, 0.25) is 0 Å². The molecule has 0 aliphatic carbocycles. The van der Waals surface area contributed by atoms with Crippen molar-refractivity contribution in [2.24, 2.45) is 0 Å². The Hall–Kier alpha value is 0.350. The Morgan fingerprint density at radius 1 is 0.500 bits per heavy atom. The normalized spacial score (nSPS) is 13.5. The summed E-state index contributed by atoms with van der Waals surface area (Å²) in [7, 11) is 0.489. The van der Waals surface area contributed by atoms with E-state index in [9.17, 15) is 0 Å². The van der Waals surface area contributed by atoms with E-state index < -0.39 is 7.26 Å². The van der Waals surface area contributed by atoms with E-state index in [1.807, 2.05) is 7.11 Å². The van der Waals surface area contributed by atoms with Crippen molar-refractivity contribution in [2.45, 2.75) is 150 Å². The molecule has 0 spiro atoms. The molecule has 0 rings (SSSR count). The van der Waals surface area contributed by atoms with Gasteiger partial charge in [-0.25, -0.2) is 0 Å². The van der Waals surface area contributed by atoms with Crippen molar-refractivity contribution >= 4 is 7.26 Å². The molecule has 0 aliphatic heterocycles. The van der Waals surface area contributed by atoms with Crippen LogP contribution >= 0.6 is 7.26 Å². The van der Waals surface area contributed by atoms with Gasteiger partial charge in [-0.15, -0.1) is 0 Å². The molecule has 0 aromatic carbocycles. The fraction of sp³-hybridized carbons (Fsp3) is 1.00. The van der Waals surface area contributed by atoms with E-state index in [4.69, 9.17) is 9.47 Å². The fourth-order valence-corrected chi connectivity index (χ4v) is 10.6. The standard InChI is InChI=1S/C29H63O2P/c1-6-10-13-16-19-22-25-32(28-29(30-5)31-9-4,26-23-20-17-14-11-7-2)27-24-21-18-15-12-8-3/h29,32H,6-28H2,1-5H3. The first kappa shape index (κ1) is 32.4. The summed E-state index contributed by atoms with van der Waals surface area (Å²) in [5, 5.41) is 0. The minimum atomic E-state index is -1.37. The number of methoxy groups -OCH3 is 1. The van der Waals surface area contributed by atoms with Crippen LogP contribution in [0, 0.1) is 0 Å². The van der Waals surface area contributed by atoms with Crippen molar-refractivity contribution in [2.75, 3.05) is 38.4 Å². The predicted octanol–water partition coefficient (Wildman–Crippen LogP) is 9.83. The maximum absolute atomic E-state index is 6.04. The first-order valence-corrected chi connectivity index (χ1v) is 17.6. The molecule has 2 nitrogen and oxygen atoms in total. The summed E-state index contributed by atoms with van der Waals surface area (Å²) >= 11 is 0. The zero-order chi connectivity index (χ0) is 23.8. The third-order valence-corrected chi connectivity index (χ3v) is 12.8. The first-order valence-electron chi connectivity index (χ1n) is 14.8. The third kappa shape index (κ3) is 18.7. The molecule has 32 heavy (non-hydrogen) atoms. The Balaban J connectivity index is 4.95. The summed E-state index contributed by atoms with van der Waals surface area (Å²) < 4.78 is 11.9. The zero-order valence-electron chi connectivity index (χ0n) is 23.2. The molecule has 0 radical (unpaired) electrons.